The van der Waals surface area contributed by atoms with Crippen molar-refractivity contribution in [2.45, 2.75) is 6.54 Å². The predicted octanol–water partition coefficient (Wildman–Crippen LogP) is 3.40. The lowest BCUT2D eigenvalue weighted by Gasteiger charge is -2.08. The van der Waals surface area contributed by atoms with Crippen molar-refractivity contribution in [2.75, 3.05) is 5.32 Å². The molecule has 0 saturated heterocycles. The molecule has 24 heavy (non-hydrogen) atoms. The fourth-order valence-corrected chi connectivity index (χ4v) is 2.60. The number of nitrogens with one attached hydrogen (secondary N) is 2. The van der Waals surface area contributed by atoms with Crippen molar-refractivity contribution in [2.24, 2.45) is 0 Å². The van der Waals surface area contributed by atoms with Gasteiger partial charge in [-0.05, 0) is 46.8 Å². The van der Waals surface area contributed by atoms with Crippen LogP contribution in [-0.2, 0) is 6.54 Å². The lowest BCUT2D eigenvalue weighted by Crippen LogP contribution is -2.29. The number of nitrogens with zero attached hydrogens (tertiary/aromatic N) is 4. The van der Waals surface area contributed by atoms with Gasteiger partial charge in [0, 0.05) is 15.2 Å². The largest absolute Gasteiger partial charge is 0.330 e. The Bertz CT molecular complexity index is 868. The summed E-state index contributed by atoms with van der Waals surface area (Å²) < 4.78 is 2.47. The van der Waals surface area contributed by atoms with E-state index in [1.807, 2.05) is 24.3 Å². The molecule has 0 radical (unpaired) electrons. The average molecular weight is 408 g/mol. The first-order valence-electron chi connectivity index (χ1n) is 6.95. The first-order valence-corrected chi connectivity index (χ1v) is 8.12. The maximum absolute atomic E-state index is 12.0. The number of carbonyl (C=O) groups is 1. The molecule has 0 atom stereocenters. The maximum atomic E-state index is 12.0. The van der Waals surface area contributed by atoms with Gasteiger partial charge < -0.3 is 10.6 Å². The molecular formula is C15H12BrClN6O. The van der Waals surface area contributed by atoms with Crippen LogP contribution >= 0.6 is 27.5 Å². The monoisotopic (exact) mass is 406 g/mol. The van der Waals surface area contributed by atoms with E-state index in [1.165, 1.54) is 0 Å². The van der Waals surface area contributed by atoms with Gasteiger partial charge in [0.2, 0.25) is 0 Å². The molecule has 7 nitrogen and oxygen atoms in total. The number of carbonyl (C=O) groups excluding carboxylic acids is 1. The Kier molecular flexibility index (Phi) is 5.07. The normalized spacial score (nSPS) is 10.4. The number of rotatable bonds is 4. The predicted molar refractivity (Wildman–Crippen MR) is 94.2 cm³/mol. The molecule has 2 N–H and O–H groups in total. The first kappa shape index (κ1) is 16.4. The minimum absolute atomic E-state index is 0.173. The Labute approximate surface area is 151 Å². The summed E-state index contributed by atoms with van der Waals surface area (Å²) in [5.41, 5.74) is 1.40. The summed E-state index contributed by atoms with van der Waals surface area (Å²) in [7, 11) is 0. The number of hydrogen-bond donors (Lipinski definition) is 2. The van der Waals surface area contributed by atoms with E-state index in [0.717, 1.165) is 10.2 Å². The molecule has 122 valence electrons. The highest BCUT2D eigenvalue weighted by molar-refractivity contribution is 9.10. The molecule has 2 aromatic carbocycles. The molecule has 0 saturated carbocycles. The van der Waals surface area contributed by atoms with Crippen LogP contribution in [0.3, 0.4) is 0 Å². The van der Waals surface area contributed by atoms with Gasteiger partial charge in [-0.1, -0.05) is 39.7 Å². The van der Waals surface area contributed by atoms with Crippen LogP contribution in [0.15, 0.2) is 53.0 Å². The highest BCUT2D eigenvalue weighted by atomic mass is 79.9. The van der Waals surface area contributed by atoms with Gasteiger partial charge in [-0.3, -0.25) is 0 Å². The second kappa shape index (κ2) is 7.41. The minimum atomic E-state index is -0.374. The molecule has 2 amide bonds. The maximum Gasteiger partial charge on any atom is 0.319 e. The van der Waals surface area contributed by atoms with E-state index in [2.05, 4.69) is 42.1 Å². The fraction of sp³-hybridized carbons (Fsp3) is 0.0667. The summed E-state index contributed by atoms with van der Waals surface area (Å²) in [4.78, 5) is 12.0. The van der Waals surface area contributed by atoms with Crippen LogP contribution in [0.25, 0.3) is 5.69 Å². The second-order valence-electron chi connectivity index (χ2n) is 4.80. The topological polar surface area (TPSA) is 84.7 Å². The Hall–Kier alpha value is -2.45. The molecule has 1 heterocycles. The SMILES string of the molecule is O=C(NCc1nnnn1-c1cccc(Br)c1)Nc1cccc(Cl)c1. The molecule has 9 heteroatoms. The number of amides is 2. The van der Waals surface area contributed by atoms with Crippen molar-refractivity contribution < 1.29 is 4.79 Å². The van der Waals surface area contributed by atoms with Crippen LogP contribution in [0.5, 0.6) is 0 Å². The fourth-order valence-electron chi connectivity index (χ4n) is 2.03. The molecule has 0 fully saturated rings. The van der Waals surface area contributed by atoms with E-state index in [4.69, 9.17) is 11.6 Å². The number of hydrogen-bond acceptors (Lipinski definition) is 4. The number of tetrazole rings is 1. The molecule has 0 bridgehead atoms. The quantitative estimate of drug-likeness (QED) is 0.694. The third-order valence-corrected chi connectivity index (χ3v) is 3.80. The Balaban J connectivity index is 1.65. The number of urea groups is 1. The van der Waals surface area contributed by atoms with Crippen LogP contribution < -0.4 is 10.6 Å². The standard InChI is InChI=1S/C15H12BrClN6O/c16-10-3-1-6-13(7-10)23-14(20-21-22-23)9-18-15(24)19-12-5-2-4-11(17)8-12/h1-8H,9H2,(H2,18,19,24). The van der Waals surface area contributed by atoms with E-state index in [-0.39, 0.29) is 12.6 Å². The van der Waals surface area contributed by atoms with Crippen molar-refractivity contribution in [3.05, 3.63) is 63.9 Å². The molecular weight excluding hydrogens is 396 g/mol. The van der Waals surface area contributed by atoms with Gasteiger partial charge in [-0.25, -0.2) is 4.79 Å². The zero-order valence-corrected chi connectivity index (χ0v) is 14.6. The van der Waals surface area contributed by atoms with Crippen LogP contribution in [0.4, 0.5) is 10.5 Å². The van der Waals surface area contributed by atoms with Gasteiger partial charge in [-0.15, -0.1) is 5.10 Å². The first-order chi connectivity index (χ1) is 11.6. The van der Waals surface area contributed by atoms with Crippen LogP contribution in [-0.4, -0.2) is 26.2 Å². The third kappa shape index (κ3) is 4.09. The lowest BCUT2D eigenvalue weighted by molar-refractivity contribution is 0.251. The van der Waals surface area contributed by atoms with Crippen molar-refractivity contribution in [1.29, 1.82) is 0 Å². The van der Waals surface area contributed by atoms with E-state index in [1.54, 1.807) is 28.9 Å². The number of halogens is 2. The summed E-state index contributed by atoms with van der Waals surface area (Å²) in [6, 6.07) is 14.1. The molecule has 0 aliphatic carbocycles. The third-order valence-electron chi connectivity index (χ3n) is 3.08. The number of aromatic nitrogens is 4. The smallest absolute Gasteiger partial charge is 0.319 e. The van der Waals surface area contributed by atoms with Crippen molar-refractivity contribution in [3.63, 3.8) is 0 Å². The zero-order valence-electron chi connectivity index (χ0n) is 12.3. The molecule has 1 aromatic heterocycles. The molecule has 0 spiro atoms. The summed E-state index contributed by atoms with van der Waals surface area (Å²) in [5.74, 6) is 0.509. The van der Waals surface area contributed by atoms with Crippen molar-refractivity contribution in [3.8, 4) is 5.69 Å². The van der Waals surface area contributed by atoms with Crippen molar-refractivity contribution in [1.82, 2.24) is 25.5 Å². The Morgan fingerprint density at radius 3 is 2.83 bits per heavy atom. The summed E-state index contributed by atoms with van der Waals surface area (Å²) in [5, 5.41) is 17.5. The van der Waals surface area contributed by atoms with Gasteiger partial charge in [0.25, 0.3) is 0 Å². The molecule has 3 rings (SSSR count). The van der Waals surface area contributed by atoms with E-state index in [0.29, 0.717) is 16.5 Å². The summed E-state index contributed by atoms with van der Waals surface area (Å²) >= 11 is 9.29. The summed E-state index contributed by atoms with van der Waals surface area (Å²) in [6.07, 6.45) is 0. The summed E-state index contributed by atoms with van der Waals surface area (Å²) in [6.45, 7) is 0.173. The van der Waals surface area contributed by atoms with Gasteiger partial charge in [0.05, 0.1) is 12.2 Å². The average Bonchev–Trinajstić information content (AvgIpc) is 3.01. The second-order valence-corrected chi connectivity index (χ2v) is 6.16. The van der Waals surface area contributed by atoms with Crippen LogP contribution in [0, 0.1) is 0 Å². The number of benzene rings is 2. The number of anilines is 1. The highest BCUT2D eigenvalue weighted by Crippen LogP contribution is 2.16. The van der Waals surface area contributed by atoms with Crippen LogP contribution in [0.1, 0.15) is 5.82 Å². The lowest BCUT2D eigenvalue weighted by atomic mass is 10.3. The molecule has 3 aromatic rings. The Morgan fingerprint density at radius 1 is 1.21 bits per heavy atom. The van der Waals surface area contributed by atoms with E-state index < -0.39 is 0 Å². The molecule has 0 aliphatic rings. The van der Waals surface area contributed by atoms with Gasteiger partial charge in [0.1, 0.15) is 0 Å². The van der Waals surface area contributed by atoms with Gasteiger partial charge in [0.15, 0.2) is 5.82 Å². The molecule has 0 aliphatic heterocycles. The highest BCUT2D eigenvalue weighted by Gasteiger charge is 2.10. The Morgan fingerprint density at radius 2 is 2.04 bits per heavy atom. The van der Waals surface area contributed by atoms with Crippen LogP contribution in [0.2, 0.25) is 5.02 Å². The minimum Gasteiger partial charge on any atom is -0.330 e. The zero-order chi connectivity index (χ0) is 16.9. The van der Waals surface area contributed by atoms with E-state index in [9.17, 15) is 4.79 Å². The van der Waals surface area contributed by atoms with Crippen molar-refractivity contribution >= 4 is 39.2 Å². The van der Waals surface area contributed by atoms with Gasteiger partial charge in [-0.2, -0.15) is 4.68 Å². The van der Waals surface area contributed by atoms with E-state index >= 15 is 0 Å². The van der Waals surface area contributed by atoms with Gasteiger partial charge >= 0.3 is 6.03 Å². The molecule has 0 unspecified atom stereocenters.